The Hall–Kier alpha value is -1.63. The monoisotopic (exact) mass is 284 g/mol. The van der Waals surface area contributed by atoms with Crippen LogP contribution in [0.1, 0.15) is 10.4 Å². The molecule has 0 radical (unpaired) electrons. The van der Waals surface area contributed by atoms with Gasteiger partial charge < -0.3 is 4.74 Å². The number of amidine groups is 1. The molecule has 7 heteroatoms. The quantitative estimate of drug-likeness (QED) is 0.856. The van der Waals surface area contributed by atoms with E-state index in [9.17, 15) is 13.6 Å². The van der Waals surface area contributed by atoms with E-state index in [2.05, 4.69) is 0 Å². The summed E-state index contributed by atoms with van der Waals surface area (Å²) in [5.74, 6) is -0.844. The Labute approximate surface area is 112 Å². The molecule has 2 aliphatic rings. The molecule has 2 fully saturated rings. The second-order valence-electron chi connectivity index (χ2n) is 4.40. The Kier molecular flexibility index (Phi) is 2.93. The first kappa shape index (κ1) is 12.4. The number of ether oxygens (including phenoxy) is 1. The minimum atomic E-state index is -0.813. The highest BCUT2D eigenvalue weighted by Crippen LogP contribution is 2.32. The second kappa shape index (κ2) is 4.48. The first-order valence-corrected chi connectivity index (χ1v) is 6.84. The number of amides is 1. The lowest BCUT2D eigenvalue weighted by Crippen LogP contribution is -2.41. The number of nitrogens with one attached hydrogen (secondary N) is 1. The van der Waals surface area contributed by atoms with E-state index >= 15 is 0 Å². The van der Waals surface area contributed by atoms with E-state index in [4.69, 9.17) is 10.1 Å². The maximum atomic E-state index is 13.1. The van der Waals surface area contributed by atoms with Crippen LogP contribution in [-0.2, 0) is 4.74 Å². The van der Waals surface area contributed by atoms with E-state index in [-0.39, 0.29) is 23.7 Å². The van der Waals surface area contributed by atoms with Crippen molar-refractivity contribution in [1.29, 1.82) is 5.41 Å². The number of thioether (sulfide) groups is 1. The topological polar surface area (TPSA) is 53.4 Å². The van der Waals surface area contributed by atoms with Crippen LogP contribution in [0.15, 0.2) is 18.2 Å². The fourth-order valence-electron chi connectivity index (χ4n) is 2.29. The summed E-state index contributed by atoms with van der Waals surface area (Å²) in [4.78, 5) is 13.4. The van der Waals surface area contributed by atoms with Crippen LogP contribution < -0.4 is 0 Å². The number of benzene rings is 1. The van der Waals surface area contributed by atoms with Gasteiger partial charge in [0.15, 0.2) is 0 Å². The third-order valence-corrected chi connectivity index (χ3v) is 4.28. The van der Waals surface area contributed by atoms with Gasteiger partial charge in [0.25, 0.3) is 11.9 Å². The SMILES string of the molecule is N=C1O[C@H]2CSC[C@H]2N1C(=O)c1cc(F)cc(F)c1. The van der Waals surface area contributed by atoms with Gasteiger partial charge in [-0.1, -0.05) is 0 Å². The Balaban J connectivity index is 1.92. The van der Waals surface area contributed by atoms with E-state index in [1.54, 1.807) is 11.8 Å². The normalized spacial score (nSPS) is 25.4. The summed E-state index contributed by atoms with van der Waals surface area (Å²) < 4.78 is 31.6. The molecule has 0 spiro atoms. The van der Waals surface area contributed by atoms with Gasteiger partial charge in [-0.2, -0.15) is 11.8 Å². The Morgan fingerprint density at radius 2 is 2.00 bits per heavy atom. The van der Waals surface area contributed by atoms with Crippen molar-refractivity contribution >= 4 is 23.7 Å². The lowest BCUT2D eigenvalue weighted by Gasteiger charge is -2.19. The van der Waals surface area contributed by atoms with Crippen molar-refractivity contribution in [1.82, 2.24) is 4.90 Å². The molecule has 19 heavy (non-hydrogen) atoms. The van der Waals surface area contributed by atoms with Crippen LogP contribution in [0.25, 0.3) is 0 Å². The molecule has 2 aliphatic heterocycles. The van der Waals surface area contributed by atoms with E-state index in [1.165, 1.54) is 4.90 Å². The molecule has 1 aromatic rings. The highest BCUT2D eigenvalue weighted by atomic mass is 32.2. The Morgan fingerprint density at radius 1 is 1.32 bits per heavy atom. The van der Waals surface area contributed by atoms with Crippen molar-refractivity contribution < 1.29 is 18.3 Å². The average Bonchev–Trinajstić information content (AvgIpc) is 2.86. The van der Waals surface area contributed by atoms with E-state index in [0.29, 0.717) is 17.6 Å². The maximum absolute atomic E-state index is 13.1. The number of hydrogen-bond donors (Lipinski definition) is 1. The minimum Gasteiger partial charge on any atom is -0.459 e. The van der Waals surface area contributed by atoms with Crippen LogP contribution in [0.3, 0.4) is 0 Å². The molecule has 0 bridgehead atoms. The van der Waals surface area contributed by atoms with Crippen molar-refractivity contribution in [2.24, 2.45) is 0 Å². The van der Waals surface area contributed by atoms with Gasteiger partial charge >= 0.3 is 0 Å². The molecule has 4 nitrogen and oxygen atoms in total. The predicted octanol–water partition coefficient (Wildman–Crippen LogP) is 1.86. The zero-order valence-corrected chi connectivity index (χ0v) is 10.5. The highest BCUT2D eigenvalue weighted by Gasteiger charge is 2.46. The first-order chi connectivity index (χ1) is 9.06. The molecule has 0 aromatic heterocycles. The van der Waals surface area contributed by atoms with E-state index < -0.39 is 17.5 Å². The summed E-state index contributed by atoms with van der Waals surface area (Å²) in [6.07, 6.45) is -0.195. The first-order valence-electron chi connectivity index (χ1n) is 5.69. The largest absolute Gasteiger partial charge is 0.459 e. The molecular weight excluding hydrogens is 274 g/mol. The summed E-state index contributed by atoms with van der Waals surface area (Å²) in [5, 5.41) is 7.68. The van der Waals surface area contributed by atoms with Crippen LogP contribution in [-0.4, -0.2) is 40.5 Å². The van der Waals surface area contributed by atoms with Crippen LogP contribution in [0.5, 0.6) is 0 Å². The molecule has 100 valence electrons. The number of halogens is 2. The number of rotatable bonds is 1. The molecule has 2 atom stereocenters. The van der Waals surface area contributed by atoms with Gasteiger partial charge in [0, 0.05) is 23.1 Å². The summed E-state index contributed by atoms with van der Waals surface area (Å²) in [7, 11) is 0. The van der Waals surface area contributed by atoms with E-state index in [1.807, 2.05) is 0 Å². The van der Waals surface area contributed by atoms with Gasteiger partial charge in [-0.3, -0.25) is 15.1 Å². The maximum Gasteiger partial charge on any atom is 0.292 e. The lowest BCUT2D eigenvalue weighted by atomic mass is 10.1. The van der Waals surface area contributed by atoms with Crippen molar-refractivity contribution in [3.8, 4) is 0 Å². The van der Waals surface area contributed by atoms with Crippen LogP contribution >= 0.6 is 11.8 Å². The Bertz CT molecular complexity index is 546. The third kappa shape index (κ3) is 2.07. The zero-order chi connectivity index (χ0) is 13.6. The summed E-state index contributed by atoms with van der Waals surface area (Å²) in [6, 6.07) is 2.17. The van der Waals surface area contributed by atoms with Gasteiger partial charge in [0.1, 0.15) is 17.7 Å². The minimum absolute atomic E-state index is 0.108. The number of hydrogen-bond acceptors (Lipinski definition) is 4. The fraction of sp³-hybridized carbons (Fsp3) is 0.333. The number of carbonyl (C=O) groups excluding carboxylic acids is 1. The number of nitrogens with zero attached hydrogens (tertiary/aromatic N) is 1. The summed E-state index contributed by atoms with van der Waals surface area (Å²) >= 11 is 1.63. The lowest BCUT2D eigenvalue weighted by molar-refractivity contribution is 0.0822. The summed E-state index contributed by atoms with van der Waals surface area (Å²) in [6.45, 7) is 0. The van der Waals surface area contributed by atoms with Crippen molar-refractivity contribution in [3.05, 3.63) is 35.4 Å². The zero-order valence-electron chi connectivity index (χ0n) is 9.73. The Morgan fingerprint density at radius 3 is 2.68 bits per heavy atom. The smallest absolute Gasteiger partial charge is 0.292 e. The molecule has 1 amide bonds. The molecule has 3 rings (SSSR count). The standard InChI is InChI=1S/C12H10F2N2O2S/c13-7-1-6(2-8(14)3-7)11(17)16-9-4-19-5-10(9)18-12(16)15/h1-3,9-10,15H,4-5H2/t9-,10+/m1/s1. The number of fused-ring (bicyclic) bond motifs is 1. The van der Waals surface area contributed by atoms with Crippen molar-refractivity contribution in [2.75, 3.05) is 11.5 Å². The van der Waals surface area contributed by atoms with Gasteiger partial charge in [0.05, 0.1) is 6.04 Å². The molecule has 2 saturated heterocycles. The van der Waals surface area contributed by atoms with Crippen molar-refractivity contribution in [3.63, 3.8) is 0 Å². The van der Waals surface area contributed by atoms with Crippen LogP contribution in [0.4, 0.5) is 8.78 Å². The van der Waals surface area contributed by atoms with Crippen LogP contribution in [0, 0.1) is 17.0 Å². The molecule has 0 aliphatic carbocycles. The van der Waals surface area contributed by atoms with Crippen molar-refractivity contribution in [2.45, 2.75) is 12.1 Å². The van der Waals surface area contributed by atoms with E-state index in [0.717, 1.165) is 12.1 Å². The highest BCUT2D eigenvalue weighted by molar-refractivity contribution is 7.99. The van der Waals surface area contributed by atoms with Gasteiger partial charge in [-0.25, -0.2) is 8.78 Å². The predicted molar refractivity (Wildman–Crippen MR) is 66.2 cm³/mol. The summed E-state index contributed by atoms with van der Waals surface area (Å²) in [5.41, 5.74) is -0.108. The van der Waals surface area contributed by atoms with Gasteiger partial charge in [-0.15, -0.1) is 0 Å². The molecule has 2 heterocycles. The van der Waals surface area contributed by atoms with Crippen LogP contribution in [0.2, 0.25) is 0 Å². The third-order valence-electron chi connectivity index (χ3n) is 3.14. The molecule has 0 saturated carbocycles. The van der Waals surface area contributed by atoms with Gasteiger partial charge in [0.2, 0.25) is 0 Å². The van der Waals surface area contributed by atoms with Gasteiger partial charge in [-0.05, 0) is 12.1 Å². The molecule has 0 unspecified atom stereocenters. The fourth-order valence-corrected chi connectivity index (χ4v) is 3.55. The molecular formula is C12H10F2N2O2S. The molecule has 1 aromatic carbocycles. The average molecular weight is 284 g/mol. The molecule has 1 N–H and O–H groups in total. The number of carbonyl (C=O) groups is 1. The second-order valence-corrected chi connectivity index (χ2v) is 5.47.